The number of carbonyl (C=O) groups excluding carboxylic acids is 2. The van der Waals surface area contributed by atoms with Crippen LogP contribution >= 0.6 is 0 Å². The van der Waals surface area contributed by atoms with Crippen LogP contribution in [0.25, 0.3) is 0 Å². The molecule has 2 aliphatic rings. The van der Waals surface area contributed by atoms with Crippen LogP contribution in [-0.2, 0) is 25.5 Å². The topological polar surface area (TPSA) is 88.1 Å². The first kappa shape index (κ1) is 19.5. The van der Waals surface area contributed by atoms with Gasteiger partial charge in [-0.15, -0.1) is 0 Å². The number of hydrogen-bond donors (Lipinski definition) is 2. The first-order valence-electron chi connectivity index (χ1n) is 9.29. The Hall–Kier alpha value is -2.22. The summed E-state index contributed by atoms with van der Waals surface area (Å²) in [5, 5.41) is 12.5. The lowest BCUT2D eigenvalue weighted by molar-refractivity contribution is -0.140. The first-order valence-corrected chi connectivity index (χ1v) is 9.29. The summed E-state index contributed by atoms with van der Waals surface area (Å²) in [6.07, 6.45) is 3.11. The molecule has 27 heavy (non-hydrogen) atoms. The second-order valence-corrected chi connectivity index (χ2v) is 6.73. The number of nitrogens with one attached hydrogen (secondary N) is 1. The molecule has 1 fully saturated rings. The maximum absolute atomic E-state index is 12.3. The highest BCUT2D eigenvalue weighted by atomic mass is 16.5. The smallest absolute Gasteiger partial charge is 0.225 e. The Balaban J connectivity index is 1.52. The second-order valence-electron chi connectivity index (χ2n) is 6.73. The van der Waals surface area contributed by atoms with Crippen molar-refractivity contribution in [2.24, 2.45) is 0 Å². The van der Waals surface area contributed by atoms with Crippen LogP contribution in [0.5, 0.6) is 0 Å². The molecule has 2 amide bonds. The lowest BCUT2D eigenvalue weighted by Crippen LogP contribution is -2.50. The van der Waals surface area contributed by atoms with Crippen LogP contribution < -0.4 is 5.32 Å². The lowest BCUT2D eigenvalue weighted by atomic mass is 10.0. The molecule has 7 nitrogen and oxygen atoms in total. The molecule has 146 valence electrons. The van der Waals surface area contributed by atoms with Crippen LogP contribution in [0.2, 0.25) is 0 Å². The number of nitrogens with zero attached hydrogens (tertiary/aromatic N) is 1. The van der Waals surface area contributed by atoms with Crippen molar-refractivity contribution in [3.05, 3.63) is 48.0 Å². The molecule has 0 unspecified atom stereocenters. The summed E-state index contributed by atoms with van der Waals surface area (Å²) in [6, 6.07) is 9.05. The Morgan fingerprint density at radius 1 is 1.15 bits per heavy atom. The molecule has 0 aromatic heterocycles. The van der Waals surface area contributed by atoms with Crippen molar-refractivity contribution in [2.75, 3.05) is 32.9 Å². The Morgan fingerprint density at radius 2 is 1.89 bits per heavy atom. The summed E-state index contributed by atoms with van der Waals surface area (Å²) in [5.41, 5.74) is 0.922. The molecule has 1 aromatic carbocycles. The molecule has 2 N–H and O–H groups in total. The number of aliphatic hydroxyl groups is 1. The van der Waals surface area contributed by atoms with Crippen LogP contribution in [0.3, 0.4) is 0 Å². The average molecular weight is 374 g/mol. The fraction of sp³-hybridized carbons (Fsp3) is 0.500. The van der Waals surface area contributed by atoms with Crippen molar-refractivity contribution >= 4 is 11.8 Å². The van der Waals surface area contributed by atoms with Crippen LogP contribution in [0.1, 0.15) is 12.0 Å². The van der Waals surface area contributed by atoms with Crippen molar-refractivity contribution in [2.45, 2.75) is 31.1 Å². The normalized spacial score (nSPS) is 25.2. The molecule has 7 heteroatoms. The average Bonchev–Trinajstić information content (AvgIpc) is 2.70. The number of amides is 2. The van der Waals surface area contributed by atoms with Gasteiger partial charge in [0.25, 0.3) is 0 Å². The van der Waals surface area contributed by atoms with E-state index in [1.54, 1.807) is 11.0 Å². The molecule has 0 spiro atoms. The minimum absolute atomic E-state index is 0.0104. The fourth-order valence-corrected chi connectivity index (χ4v) is 3.27. The van der Waals surface area contributed by atoms with Gasteiger partial charge in [0, 0.05) is 13.1 Å². The number of rotatable bonds is 6. The summed E-state index contributed by atoms with van der Waals surface area (Å²) in [5.74, 6) is -0.128. The minimum atomic E-state index is -0.572. The number of benzene rings is 1. The highest BCUT2D eigenvalue weighted by molar-refractivity contribution is 5.79. The van der Waals surface area contributed by atoms with E-state index in [-0.39, 0.29) is 31.3 Å². The number of morpholine rings is 1. The van der Waals surface area contributed by atoms with Gasteiger partial charge in [-0.25, -0.2) is 0 Å². The third-order valence-electron chi connectivity index (χ3n) is 4.74. The van der Waals surface area contributed by atoms with Gasteiger partial charge < -0.3 is 24.8 Å². The first-order chi connectivity index (χ1) is 13.2. The van der Waals surface area contributed by atoms with E-state index in [0.29, 0.717) is 26.3 Å². The minimum Gasteiger partial charge on any atom is -0.394 e. The van der Waals surface area contributed by atoms with Gasteiger partial charge in [0.2, 0.25) is 11.8 Å². The van der Waals surface area contributed by atoms with Gasteiger partial charge in [0.15, 0.2) is 0 Å². The summed E-state index contributed by atoms with van der Waals surface area (Å²) in [4.78, 5) is 26.4. The van der Waals surface area contributed by atoms with E-state index in [2.05, 4.69) is 5.32 Å². The van der Waals surface area contributed by atoms with Crippen molar-refractivity contribution in [3.63, 3.8) is 0 Å². The van der Waals surface area contributed by atoms with Gasteiger partial charge in [0.1, 0.15) is 6.10 Å². The van der Waals surface area contributed by atoms with Crippen LogP contribution in [-0.4, -0.2) is 73.0 Å². The van der Waals surface area contributed by atoms with Crippen LogP contribution in [0.15, 0.2) is 42.5 Å². The molecule has 3 rings (SSSR count). The van der Waals surface area contributed by atoms with E-state index >= 15 is 0 Å². The zero-order valence-corrected chi connectivity index (χ0v) is 15.3. The fourth-order valence-electron chi connectivity index (χ4n) is 3.27. The third-order valence-corrected chi connectivity index (χ3v) is 4.74. The lowest BCUT2D eigenvalue weighted by Gasteiger charge is -2.33. The highest BCUT2D eigenvalue weighted by Gasteiger charge is 2.30. The van der Waals surface area contributed by atoms with Crippen molar-refractivity contribution < 1.29 is 24.2 Å². The van der Waals surface area contributed by atoms with E-state index in [0.717, 1.165) is 5.56 Å². The second kappa shape index (κ2) is 9.64. The summed E-state index contributed by atoms with van der Waals surface area (Å²) < 4.78 is 11.1. The SMILES string of the molecule is O=C(Cc1ccccc1)N[C@@H]1C=C[C@H](CC(=O)N2CCOCC2)O[C@@H]1CO. The Kier molecular flexibility index (Phi) is 6.98. The molecular formula is C20H26N2O5. The molecule has 1 saturated heterocycles. The summed E-state index contributed by atoms with van der Waals surface area (Å²) in [6.45, 7) is 2.07. The predicted molar refractivity (Wildman–Crippen MR) is 99.0 cm³/mol. The Labute approximate surface area is 158 Å². The molecule has 0 saturated carbocycles. The van der Waals surface area contributed by atoms with Gasteiger partial charge in [-0.2, -0.15) is 0 Å². The molecule has 2 aliphatic heterocycles. The zero-order valence-electron chi connectivity index (χ0n) is 15.3. The number of aliphatic hydroxyl groups excluding tert-OH is 1. The van der Waals surface area contributed by atoms with Crippen molar-refractivity contribution in [3.8, 4) is 0 Å². The standard InChI is InChI=1S/C20H26N2O5/c23-14-18-17(21-19(24)12-15-4-2-1-3-5-15)7-6-16(27-18)13-20(25)22-8-10-26-11-9-22/h1-7,16-18,23H,8-14H2,(H,21,24)/t16-,17-,18-/m1/s1. The van der Waals surface area contributed by atoms with E-state index in [9.17, 15) is 14.7 Å². The van der Waals surface area contributed by atoms with E-state index in [1.807, 2.05) is 36.4 Å². The monoisotopic (exact) mass is 374 g/mol. The molecule has 1 aromatic rings. The quantitative estimate of drug-likeness (QED) is 0.699. The maximum Gasteiger partial charge on any atom is 0.225 e. The third kappa shape index (κ3) is 5.63. The zero-order chi connectivity index (χ0) is 19.1. The maximum atomic E-state index is 12.3. The van der Waals surface area contributed by atoms with Gasteiger partial charge in [-0.05, 0) is 5.56 Å². The molecular weight excluding hydrogens is 348 g/mol. The highest BCUT2D eigenvalue weighted by Crippen LogP contribution is 2.17. The van der Waals surface area contributed by atoms with Gasteiger partial charge in [0.05, 0.1) is 44.8 Å². The van der Waals surface area contributed by atoms with Crippen LogP contribution in [0, 0.1) is 0 Å². The molecule has 2 heterocycles. The van der Waals surface area contributed by atoms with Gasteiger partial charge in [-0.3, -0.25) is 9.59 Å². The summed E-state index contributed by atoms with van der Waals surface area (Å²) in [7, 11) is 0. The van der Waals surface area contributed by atoms with E-state index in [1.165, 1.54) is 0 Å². The molecule has 0 radical (unpaired) electrons. The van der Waals surface area contributed by atoms with Gasteiger partial charge >= 0.3 is 0 Å². The van der Waals surface area contributed by atoms with Crippen molar-refractivity contribution in [1.29, 1.82) is 0 Å². The Morgan fingerprint density at radius 3 is 2.59 bits per heavy atom. The molecule has 0 aliphatic carbocycles. The van der Waals surface area contributed by atoms with E-state index < -0.39 is 18.2 Å². The molecule has 3 atom stereocenters. The van der Waals surface area contributed by atoms with E-state index in [4.69, 9.17) is 9.47 Å². The molecule has 0 bridgehead atoms. The number of hydrogen-bond acceptors (Lipinski definition) is 5. The van der Waals surface area contributed by atoms with Gasteiger partial charge in [-0.1, -0.05) is 42.5 Å². The summed E-state index contributed by atoms with van der Waals surface area (Å²) >= 11 is 0. The number of carbonyl (C=O) groups is 2. The predicted octanol–water partition coefficient (Wildman–Crippen LogP) is 0.279. The number of ether oxygens (including phenoxy) is 2. The van der Waals surface area contributed by atoms with Crippen molar-refractivity contribution in [1.82, 2.24) is 10.2 Å². The van der Waals surface area contributed by atoms with Crippen LogP contribution in [0.4, 0.5) is 0 Å². The Bertz CT molecular complexity index is 658. The largest absolute Gasteiger partial charge is 0.394 e.